The highest BCUT2D eigenvalue weighted by Gasteiger charge is 2.12. The summed E-state index contributed by atoms with van der Waals surface area (Å²) in [5.41, 5.74) is 1.78. The summed E-state index contributed by atoms with van der Waals surface area (Å²) in [5, 5.41) is 3.19. The molecule has 0 aliphatic rings. The topological polar surface area (TPSA) is 21.3 Å². The minimum Gasteiger partial charge on any atom is -0.454 e. The summed E-state index contributed by atoms with van der Waals surface area (Å²) in [6, 6.07) is 10.7. The maximum atomic E-state index is 14.0. The second-order valence-corrected chi connectivity index (χ2v) is 5.44. The number of ether oxygens (including phenoxy) is 1. The van der Waals surface area contributed by atoms with Gasteiger partial charge in [0.2, 0.25) is 0 Å². The predicted molar refractivity (Wildman–Crippen MR) is 82.7 cm³/mol. The van der Waals surface area contributed by atoms with Crippen molar-refractivity contribution in [2.45, 2.75) is 20.4 Å². The number of aryl methyl sites for hydroxylation is 1. The molecule has 0 aliphatic heterocycles. The fraction of sp³-hybridized carbons (Fsp3) is 0.250. The van der Waals surface area contributed by atoms with Gasteiger partial charge in [-0.05, 0) is 37.2 Å². The van der Waals surface area contributed by atoms with E-state index in [-0.39, 0.29) is 11.6 Å². The third-order valence-corrected chi connectivity index (χ3v) is 3.47. The molecule has 2 aromatic rings. The van der Waals surface area contributed by atoms with E-state index in [1.807, 2.05) is 38.1 Å². The van der Waals surface area contributed by atoms with Gasteiger partial charge >= 0.3 is 0 Å². The molecule has 106 valence electrons. The molecule has 2 aromatic carbocycles. The maximum Gasteiger partial charge on any atom is 0.167 e. The minimum atomic E-state index is -0.347. The van der Waals surface area contributed by atoms with Crippen molar-refractivity contribution in [2.75, 3.05) is 6.54 Å². The van der Waals surface area contributed by atoms with E-state index in [1.54, 1.807) is 6.07 Å². The molecule has 0 aromatic heterocycles. The highest BCUT2D eigenvalue weighted by molar-refractivity contribution is 9.10. The molecule has 0 aliphatic carbocycles. The van der Waals surface area contributed by atoms with E-state index in [0.717, 1.165) is 22.1 Å². The average Bonchev–Trinajstić information content (AvgIpc) is 2.43. The van der Waals surface area contributed by atoms with Gasteiger partial charge in [0.25, 0.3) is 0 Å². The van der Waals surface area contributed by atoms with Crippen molar-refractivity contribution in [3.8, 4) is 11.5 Å². The van der Waals surface area contributed by atoms with Gasteiger partial charge in [-0.1, -0.05) is 41.1 Å². The lowest BCUT2D eigenvalue weighted by Crippen LogP contribution is -2.12. The molecule has 0 fully saturated rings. The number of halogens is 2. The second-order valence-electron chi connectivity index (χ2n) is 4.52. The van der Waals surface area contributed by atoms with Gasteiger partial charge in [0, 0.05) is 16.6 Å². The first-order chi connectivity index (χ1) is 9.61. The zero-order chi connectivity index (χ0) is 14.5. The second kappa shape index (κ2) is 6.86. The molecule has 4 heteroatoms. The largest absolute Gasteiger partial charge is 0.454 e. The first kappa shape index (κ1) is 15.0. The lowest BCUT2D eigenvalue weighted by atomic mass is 10.1. The number of nitrogens with one attached hydrogen (secondary N) is 1. The fourth-order valence-electron chi connectivity index (χ4n) is 1.86. The number of benzene rings is 2. The van der Waals surface area contributed by atoms with Crippen molar-refractivity contribution in [3.63, 3.8) is 0 Å². The van der Waals surface area contributed by atoms with E-state index in [1.165, 1.54) is 6.07 Å². The monoisotopic (exact) mass is 337 g/mol. The fourth-order valence-corrected chi connectivity index (χ4v) is 2.20. The van der Waals surface area contributed by atoms with Crippen LogP contribution in [0.1, 0.15) is 18.1 Å². The first-order valence-electron chi connectivity index (χ1n) is 6.54. The molecule has 20 heavy (non-hydrogen) atoms. The molecule has 0 heterocycles. The third kappa shape index (κ3) is 3.58. The Kier molecular flexibility index (Phi) is 5.15. The lowest BCUT2D eigenvalue weighted by Gasteiger charge is -2.14. The Bertz CT molecular complexity index is 601. The summed E-state index contributed by atoms with van der Waals surface area (Å²) in [4.78, 5) is 0. The van der Waals surface area contributed by atoms with Crippen LogP contribution in [0, 0.1) is 12.7 Å². The van der Waals surface area contributed by atoms with Crippen LogP contribution in [0.5, 0.6) is 11.5 Å². The van der Waals surface area contributed by atoms with Crippen molar-refractivity contribution < 1.29 is 9.13 Å². The molecule has 0 atom stereocenters. The van der Waals surface area contributed by atoms with Gasteiger partial charge in [-0.2, -0.15) is 0 Å². The van der Waals surface area contributed by atoms with E-state index in [9.17, 15) is 4.39 Å². The van der Waals surface area contributed by atoms with Gasteiger partial charge in [-0.25, -0.2) is 4.39 Å². The number of para-hydroxylation sites is 1. The van der Waals surface area contributed by atoms with Crippen LogP contribution in [0.4, 0.5) is 4.39 Å². The molecular weight excluding hydrogens is 321 g/mol. The van der Waals surface area contributed by atoms with Crippen LogP contribution in [-0.2, 0) is 6.54 Å². The van der Waals surface area contributed by atoms with Gasteiger partial charge in [-0.3, -0.25) is 0 Å². The van der Waals surface area contributed by atoms with Crippen LogP contribution >= 0.6 is 15.9 Å². The summed E-state index contributed by atoms with van der Waals surface area (Å²) < 4.78 is 20.7. The van der Waals surface area contributed by atoms with Crippen molar-refractivity contribution in [1.29, 1.82) is 0 Å². The summed E-state index contributed by atoms with van der Waals surface area (Å²) >= 11 is 3.40. The predicted octanol–water partition coefficient (Wildman–Crippen LogP) is 4.80. The van der Waals surface area contributed by atoms with Crippen LogP contribution in [0.15, 0.2) is 40.9 Å². The van der Waals surface area contributed by atoms with Crippen molar-refractivity contribution in [1.82, 2.24) is 5.32 Å². The Morgan fingerprint density at radius 3 is 2.80 bits per heavy atom. The van der Waals surface area contributed by atoms with E-state index < -0.39 is 0 Å². The molecule has 1 N–H and O–H groups in total. The molecule has 0 radical (unpaired) electrons. The van der Waals surface area contributed by atoms with Crippen molar-refractivity contribution in [3.05, 3.63) is 57.8 Å². The highest BCUT2D eigenvalue weighted by atomic mass is 79.9. The van der Waals surface area contributed by atoms with E-state index >= 15 is 0 Å². The summed E-state index contributed by atoms with van der Waals surface area (Å²) in [5.74, 6) is 0.594. The molecular formula is C16H17BrFNO. The molecule has 0 bridgehead atoms. The molecule has 0 spiro atoms. The standard InChI is InChI=1S/C16H17BrFNO/c1-3-19-10-12-5-4-6-14(18)16(12)20-15-9-13(17)8-7-11(15)2/h4-9,19H,3,10H2,1-2H3. The van der Waals surface area contributed by atoms with E-state index in [4.69, 9.17) is 4.74 Å². The van der Waals surface area contributed by atoms with E-state index in [0.29, 0.717) is 12.3 Å². The highest BCUT2D eigenvalue weighted by Crippen LogP contribution is 2.32. The lowest BCUT2D eigenvalue weighted by molar-refractivity contribution is 0.431. The Morgan fingerprint density at radius 2 is 2.05 bits per heavy atom. The summed E-state index contributed by atoms with van der Waals surface area (Å²) in [7, 11) is 0. The Labute approximate surface area is 127 Å². The quantitative estimate of drug-likeness (QED) is 0.846. The van der Waals surface area contributed by atoms with Gasteiger partial charge in [0.15, 0.2) is 11.6 Å². The smallest absolute Gasteiger partial charge is 0.167 e. The zero-order valence-corrected chi connectivity index (χ0v) is 13.1. The van der Waals surface area contributed by atoms with Gasteiger partial charge in [0.1, 0.15) is 5.75 Å². The Balaban J connectivity index is 2.34. The number of rotatable bonds is 5. The van der Waals surface area contributed by atoms with Gasteiger partial charge in [-0.15, -0.1) is 0 Å². The van der Waals surface area contributed by atoms with Crippen LogP contribution in [0.3, 0.4) is 0 Å². The van der Waals surface area contributed by atoms with E-state index in [2.05, 4.69) is 21.2 Å². The maximum absolute atomic E-state index is 14.0. The molecule has 2 rings (SSSR count). The molecule has 2 nitrogen and oxygen atoms in total. The SMILES string of the molecule is CCNCc1cccc(F)c1Oc1cc(Br)ccc1C. The Hall–Kier alpha value is -1.39. The molecule has 0 saturated heterocycles. The molecule has 0 amide bonds. The zero-order valence-electron chi connectivity index (χ0n) is 11.5. The summed E-state index contributed by atoms with van der Waals surface area (Å²) in [6.45, 7) is 5.35. The number of hydrogen-bond donors (Lipinski definition) is 1. The average molecular weight is 338 g/mol. The van der Waals surface area contributed by atoms with Crippen molar-refractivity contribution >= 4 is 15.9 Å². The van der Waals surface area contributed by atoms with Crippen LogP contribution < -0.4 is 10.1 Å². The normalized spacial score (nSPS) is 10.6. The third-order valence-electron chi connectivity index (χ3n) is 2.98. The molecule has 0 unspecified atom stereocenters. The Morgan fingerprint density at radius 1 is 1.25 bits per heavy atom. The first-order valence-corrected chi connectivity index (χ1v) is 7.33. The van der Waals surface area contributed by atoms with Crippen LogP contribution in [0.2, 0.25) is 0 Å². The van der Waals surface area contributed by atoms with Crippen molar-refractivity contribution in [2.24, 2.45) is 0 Å². The summed E-state index contributed by atoms with van der Waals surface area (Å²) in [6.07, 6.45) is 0. The van der Waals surface area contributed by atoms with Crippen LogP contribution in [-0.4, -0.2) is 6.54 Å². The van der Waals surface area contributed by atoms with Gasteiger partial charge in [0.05, 0.1) is 0 Å². The van der Waals surface area contributed by atoms with Crippen LogP contribution in [0.25, 0.3) is 0 Å². The molecule has 0 saturated carbocycles. The minimum absolute atomic E-state index is 0.287. The van der Waals surface area contributed by atoms with Gasteiger partial charge < -0.3 is 10.1 Å². The number of hydrogen-bond acceptors (Lipinski definition) is 2.